The lowest BCUT2D eigenvalue weighted by Crippen LogP contribution is -2.39. The van der Waals surface area contributed by atoms with Crippen LogP contribution in [0.3, 0.4) is 0 Å². The predicted octanol–water partition coefficient (Wildman–Crippen LogP) is 4.18. The Labute approximate surface area is 154 Å². The van der Waals surface area contributed by atoms with Crippen LogP contribution in [0.4, 0.5) is 0 Å². The molecule has 7 heteroatoms. The predicted molar refractivity (Wildman–Crippen MR) is 101 cm³/mol. The average molecular weight is 373 g/mol. The van der Waals surface area contributed by atoms with Crippen LogP contribution in [0.5, 0.6) is 0 Å². The second-order valence-electron chi connectivity index (χ2n) is 6.27. The fourth-order valence-electron chi connectivity index (χ4n) is 3.40. The van der Waals surface area contributed by atoms with E-state index in [9.17, 15) is 4.79 Å². The van der Waals surface area contributed by atoms with Crippen LogP contribution in [0.2, 0.25) is 0 Å². The normalized spacial score (nSPS) is 17.8. The Morgan fingerprint density at radius 2 is 2.36 bits per heavy atom. The van der Waals surface area contributed by atoms with E-state index < -0.39 is 0 Å². The first-order valence-corrected chi connectivity index (χ1v) is 10.3. The van der Waals surface area contributed by atoms with E-state index in [1.165, 1.54) is 22.6 Å². The number of likely N-dealkylation sites (tertiary alicyclic amines) is 1. The molecule has 0 bridgehead atoms. The quantitative estimate of drug-likeness (QED) is 0.747. The molecule has 1 aliphatic heterocycles. The van der Waals surface area contributed by atoms with Gasteiger partial charge in [0.1, 0.15) is 10.7 Å². The van der Waals surface area contributed by atoms with Crippen molar-refractivity contribution < 1.29 is 4.79 Å². The number of carbonyl (C=O) groups is 1. The highest BCUT2D eigenvalue weighted by molar-refractivity contribution is 7.20. The Morgan fingerprint density at radius 3 is 3.16 bits per heavy atom. The van der Waals surface area contributed by atoms with Crippen LogP contribution >= 0.6 is 22.7 Å². The van der Waals surface area contributed by atoms with E-state index >= 15 is 0 Å². The minimum Gasteiger partial charge on any atom is -0.337 e. The number of piperidine rings is 1. The Balaban J connectivity index is 1.50. The molecule has 1 unspecified atom stereocenters. The van der Waals surface area contributed by atoms with Crippen LogP contribution in [0.25, 0.3) is 9.88 Å². The van der Waals surface area contributed by atoms with Crippen LogP contribution in [-0.4, -0.2) is 39.1 Å². The van der Waals surface area contributed by atoms with E-state index in [0.717, 1.165) is 42.2 Å². The molecule has 130 valence electrons. The summed E-state index contributed by atoms with van der Waals surface area (Å²) >= 11 is 3.19. The molecule has 0 radical (unpaired) electrons. The molecule has 5 nitrogen and oxygen atoms in total. The van der Waals surface area contributed by atoms with Gasteiger partial charge < -0.3 is 4.90 Å². The highest BCUT2D eigenvalue weighted by Crippen LogP contribution is 2.31. The zero-order chi connectivity index (χ0) is 17.2. The van der Waals surface area contributed by atoms with Crippen LogP contribution in [0.1, 0.15) is 47.4 Å². The van der Waals surface area contributed by atoms with Crippen molar-refractivity contribution >= 4 is 28.6 Å². The van der Waals surface area contributed by atoms with Gasteiger partial charge in [-0.05, 0) is 36.3 Å². The third kappa shape index (κ3) is 3.26. The molecule has 1 aliphatic rings. The summed E-state index contributed by atoms with van der Waals surface area (Å²) in [6, 6.07) is 4.05. The number of aromatic nitrogens is 3. The summed E-state index contributed by atoms with van der Waals surface area (Å²) in [6.45, 7) is 3.68. The van der Waals surface area contributed by atoms with E-state index in [4.69, 9.17) is 0 Å². The number of hydrogen-bond acceptors (Lipinski definition) is 5. The maximum absolute atomic E-state index is 12.9. The van der Waals surface area contributed by atoms with Crippen molar-refractivity contribution in [3.63, 3.8) is 0 Å². The molecule has 1 saturated heterocycles. The van der Waals surface area contributed by atoms with E-state index in [1.807, 2.05) is 34.0 Å². The van der Waals surface area contributed by atoms with E-state index in [1.54, 1.807) is 11.3 Å². The Morgan fingerprint density at radius 1 is 1.44 bits per heavy atom. The highest BCUT2D eigenvalue weighted by Gasteiger charge is 2.28. The molecular formula is C18H20N4OS2. The number of carbonyl (C=O) groups excluding carboxylic acids is 1. The fraction of sp³-hybridized carbons (Fsp3) is 0.389. The van der Waals surface area contributed by atoms with Gasteiger partial charge in [-0.15, -0.1) is 22.7 Å². The standard InChI is InChI=1S/C18H20N4OS2/c1-2-12-9-19-21-16(12)13-5-3-7-22(10-13)18(23)14-11-25-17(20-14)15-6-4-8-24-15/h4,6,8-9,11,13H,2-3,5,7,10H2,1H3,(H,19,21). The second-order valence-corrected chi connectivity index (χ2v) is 8.07. The molecule has 0 saturated carbocycles. The average Bonchev–Trinajstić information content (AvgIpc) is 3.41. The van der Waals surface area contributed by atoms with E-state index in [-0.39, 0.29) is 5.91 Å². The molecule has 4 rings (SSSR count). The minimum absolute atomic E-state index is 0.0429. The van der Waals surface area contributed by atoms with Gasteiger partial charge in [0.2, 0.25) is 0 Å². The van der Waals surface area contributed by atoms with Gasteiger partial charge in [0, 0.05) is 30.1 Å². The molecule has 3 aromatic rings. The maximum Gasteiger partial charge on any atom is 0.273 e. The van der Waals surface area contributed by atoms with Crippen molar-refractivity contribution in [2.45, 2.75) is 32.1 Å². The van der Waals surface area contributed by atoms with Gasteiger partial charge in [0.05, 0.1) is 11.1 Å². The summed E-state index contributed by atoms with van der Waals surface area (Å²) in [7, 11) is 0. The first kappa shape index (κ1) is 16.5. The highest BCUT2D eigenvalue weighted by atomic mass is 32.1. The van der Waals surface area contributed by atoms with Gasteiger partial charge in [-0.3, -0.25) is 9.89 Å². The number of aryl methyl sites for hydroxylation is 1. The number of thiophene rings is 1. The van der Waals surface area contributed by atoms with Crippen LogP contribution in [-0.2, 0) is 6.42 Å². The summed E-state index contributed by atoms with van der Waals surface area (Å²) in [5.74, 6) is 0.381. The SMILES string of the molecule is CCc1cn[nH]c1C1CCCN(C(=O)c2csc(-c3cccs3)n2)C1. The molecule has 3 aromatic heterocycles. The number of H-pyrrole nitrogens is 1. The van der Waals surface area contributed by atoms with E-state index in [2.05, 4.69) is 22.1 Å². The lowest BCUT2D eigenvalue weighted by Gasteiger charge is -2.32. The van der Waals surface area contributed by atoms with Crippen molar-refractivity contribution in [3.8, 4) is 9.88 Å². The third-order valence-corrected chi connectivity index (χ3v) is 6.59. The summed E-state index contributed by atoms with van der Waals surface area (Å²) in [5.41, 5.74) is 3.01. The van der Waals surface area contributed by atoms with Crippen LogP contribution in [0.15, 0.2) is 29.1 Å². The molecule has 1 amide bonds. The minimum atomic E-state index is 0.0429. The molecular weight excluding hydrogens is 352 g/mol. The number of nitrogens with zero attached hydrogens (tertiary/aromatic N) is 3. The van der Waals surface area contributed by atoms with Gasteiger partial charge in [-0.1, -0.05) is 13.0 Å². The molecule has 0 aromatic carbocycles. The summed E-state index contributed by atoms with van der Waals surface area (Å²) < 4.78 is 0. The van der Waals surface area contributed by atoms with Gasteiger partial charge in [-0.25, -0.2) is 4.98 Å². The smallest absolute Gasteiger partial charge is 0.273 e. The van der Waals surface area contributed by atoms with Gasteiger partial charge >= 0.3 is 0 Å². The maximum atomic E-state index is 12.9. The third-order valence-electron chi connectivity index (χ3n) is 4.70. The molecule has 1 N–H and O–H groups in total. The van der Waals surface area contributed by atoms with Gasteiger partial charge in [-0.2, -0.15) is 5.10 Å². The lowest BCUT2D eigenvalue weighted by atomic mass is 9.92. The van der Waals surface area contributed by atoms with E-state index in [0.29, 0.717) is 11.6 Å². The summed E-state index contributed by atoms with van der Waals surface area (Å²) in [4.78, 5) is 20.5. The molecule has 0 spiro atoms. The lowest BCUT2D eigenvalue weighted by molar-refractivity contribution is 0.0700. The first-order chi connectivity index (χ1) is 12.3. The van der Waals surface area contributed by atoms with Crippen molar-refractivity contribution in [1.82, 2.24) is 20.1 Å². The number of thiazole rings is 1. The summed E-state index contributed by atoms with van der Waals surface area (Å²) in [6.07, 6.45) is 4.98. The van der Waals surface area contributed by atoms with Gasteiger partial charge in [0.15, 0.2) is 0 Å². The largest absolute Gasteiger partial charge is 0.337 e. The Hall–Kier alpha value is -1.99. The fourth-order valence-corrected chi connectivity index (χ4v) is 5.01. The Kier molecular flexibility index (Phi) is 4.67. The molecule has 1 atom stereocenters. The molecule has 0 aliphatic carbocycles. The van der Waals surface area contributed by atoms with Crippen LogP contribution in [0, 0.1) is 0 Å². The van der Waals surface area contributed by atoms with Crippen molar-refractivity contribution in [1.29, 1.82) is 0 Å². The number of aromatic amines is 1. The first-order valence-electron chi connectivity index (χ1n) is 8.57. The summed E-state index contributed by atoms with van der Waals surface area (Å²) in [5, 5.41) is 12.2. The number of nitrogens with one attached hydrogen (secondary N) is 1. The zero-order valence-electron chi connectivity index (χ0n) is 14.1. The number of amides is 1. The zero-order valence-corrected chi connectivity index (χ0v) is 15.7. The topological polar surface area (TPSA) is 61.9 Å². The number of rotatable bonds is 4. The van der Waals surface area contributed by atoms with Crippen molar-refractivity contribution in [2.75, 3.05) is 13.1 Å². The molecule has 25 heavy (non-hydrogen) atoms. The second kappa shape index (κ2) is 7.09. The monoisotopic (exact) mass is 372 g/mol. The van der Waals surface area contributed by atoms with Gasteiger partial charge in [0.25, 0.3) is 5.91 Å². The van der Waals surface area contributed by atoms with Crippen molar-refractivity contribution in [2.24, 2.45) is 0 Å². The van der Waals surface area contributed by atoms with Crippen molar-refractivity contribution in [3.05, 3.63) is 46.0 Å². The molecule has 1 fully saturated rings. The number of hydrogen-bond donors (Lipinski definition) is 1. The van der Waals surface area contributed by atoms with Crippen LogP contribution < -0.4 is 0 Å². The molecule has 4 heterocycles. The Bertz CT molecular complexity index is 852.